The van der Waals surface area contributed by atoms with Gasteiger partial charge in [0.15, 0.2) is 0 Å². The Morgan fingerprint density at radius 1 is 0.758 bits per heavy atom. The molecule has 2 aliphatic rings. The highest BCUT2D eigenvalue weighted by Gasteiger charge is 2.34. The monoisotopic (exact) mass is 441 g/mol. The van der Waals surface area contributed by atoms with Crippen molar-refractivity contribution in [2.75, 3.05) is 39.3 Å². The first kappa shape index (κ1) is 21.7. The zero-order valence-electron chi connectivity index (χ0n) is 18.9. The van der Waals surface area contributed by atoms with Gasteiger partial charge in [0.05, 0.1) is 12.6 Å². The molecule has 0 N–H and O–H groups in total. The van der Waals surface area contributed by atoms with Crippen molar-refractivity contribution in [2.45, 2.75) is 18.7 Å². The molecule has 1 atom stereocenters. The second-order valence-corrected chi connectivity index (χ2v) is 8.93. The topological polar surface area (TPSA) is 36.0 Å². The molecular formula is C28H31N3O2. The van der Waals surface area contributed by atoms with Crippen LogP contribution in [-0.4, -0.2) is 66.2 Å². The van der Waals surface area contributed by atoms with E-state index in [0.717, 1.165) is 38.3 Å². The van der Waals surface area contributed by atoms with Crippen LogP contribution in [0, 0.1) is 0 Å². The quantitative estimate of drug-likeness (QED) is 0.544. The van der Waals surface area contributed by atoms with Crippen LogP contribution in [0.25, 0.3) is 0 Å². The summed E-state index contributed by atoms with van der Waals surface area (Å²) in [6, 6.07) is 31.9. The fourth-order valence-corrected chi connectivity index (χ4v) is 4.98. The summed E-state index contributed by atoms with van der Waals surface area (Å²) >= 11 is 0. The van der Waals surface area contributed by atoms with Gasteiger partial charge in [0.1, 0.15) is 6.10 Å². The lowest BCUT2D eigenvalue weighted by molar-refractivity contribution is 0.0670. The number of carbonyl (C=O) groups excluding carboxylic acids is 1. The Morgan fingerprint density at radius 2 is 1.30 bits per heavy atom. The van der Waals surface area contributed by atoms with Crippen molar-refractivity contribution < 1.29 is 9.53 Å². The molecule has 2 fully saturated rings. The summed E-state index contributed by atoms with van der Waals surface area (Å²) < 4.78 is 5.69. The summed E-state index contributed by atoms with van der Waals surface area (Å²) in [6.07, 6.45) is -0.262. The minimum atomic E-state index is -0.198. The van der Waals surface area contributed by atoms with Crippen molar-refractivity contribution in [3.8, 4) is 0 Å². The van der Waals surface area contributed by atoms with Crippen molar-refractivity contribution in [1.29, 1.82) is 0 Å². The SMILES string of the molecule is O=C1OC(CN2CCN(C(c3ccccc3)c3ccccc3)CC2)CN1Cc1ccccc1. The zero-order chi connectivity index (χ0) is 22.5. The maximum absolute atomic E-state index is 12.4. The van der Waals surface area contributed by atoms with Crippen LogP contribution in [0.3, 0.4) is 0 Å². The second kappa shape index (κ2) is 10.2. The van der Waals surface area contributed by atoms with Crippen molar-refractivity contribution in [2.24, 2.45) is 0 Å². The molecule has 0 aromatic heterocycles. The van der Waals surface area contributed by atoms with Crippen LogP contribution in [0.1, 0.15) is 22.7 Å². The molecule has 1 amide bonds. The van der Waals surface area contributed by atoms with Crippen LogP contribution in [0.4, 0.5) is 4.79 Å². The maximum atomic E-state index is 12.4. The number of amides is 1. The minimum absolute atomic E-state index is 0.0631. The number of piperazine rings is 1. The summed E-state index contributed by atoms with van der Waals surface area (Å²) in [6.45, 7) is 5.99. The standard InChI is InChI=1S/C28H31N3O2/c32-28-31(20-23-10-4-1-5-11-23)22-26(33-28)21-29-16-18-30(19-17-29)27(24-12-6-2-7-13-24)25-14-8-3-9-15-25/h1-15,26-27H,16-22H2. The van der Waals surface area contributed by atoms with E-state index in [-0.39, 0.29) is 18.2 Å². The Kier molecular flexibility index (Phi) is 6.70. The molecule has 33 heavy (non-hydrogen) atoms. The highest BCUT2D eigenvalue weighted by Crippen LogP contribution is 2.29. The van der Waals surface area contributed by atoms with E-state index < -0.39 is 0 Å². The maximum Gasteiger partial charge on any atom is 0.410 e. The van der Waals surface area contributed by atoms with Crippen molar-refractivity contribution in [3.63, 3.8) is 0 Å². The summed E-state index contributed by atoms with van der Waals surface area (Å²) in [4.78, 5) is 19.2. The smallest absolute Gasteiger partial charge is 0.410 e. The van der Waals surface area contributed by atoms with Gasteiger partial charge in [-0.1, -0.05) is 91.0 Å². The first-order valence-corrected chi connectivity index (χ1v) is 11.8. The molecule has 2 aliphatic heterocycles. The molecule has 2 saturated heterocycles. The third kappa shape index (κ3) is 5.27. The summed E-state index contributed by atoms with van der Waals surface area (Å²) in [7, 11) is 0. The number of ether oxygens (including phenoxy) is 1. The summed E-state index contributed by atoms with van der Waals surface area (Å²) in [5.74, 6) is 0. The van der Waals surface area contributed by atoms with E-state index in [1.807, 2.05) is 23.1 Å². The highest BCUT2D eigenvalue weighted by molar-refractivity contribution is 5.70. The van der Waals surface area contributed by atoms with Gasteiger partial charge >= 0.3 is 6.09 Å². The molecule has 170 valence electrons. The molecule has 0 aliphatic carbocycles. The lowest BCUT2D eigenvalue weighted by atomic mass is 9.96. The van der Waals surface area contributed by atoms with Gasteiger partial charge in [0.25, 0.3) is 0 Å². The Hall–Kier alpha value is -3.15. The predicted octanol–water partition coefficient (Wildman–Crippen LogP) is 4.41. The van der Waals surface area contributed by atoms with Crippen molar-refractivity contribution in [3.05, 3.63) is 108 Å². The molecule has 5 nitrogen and oxygen atoms in total. The predicted molar refractivity (Wildman–Crippen MR) is 130 cm³/mol. The Morgan fingerprint density at radius 3 is 1.88 bits per heavy atom. The number of benzene rings is 3. The molecule has 0 spiro atoms. The number of rotatable bonds is 7. The average Bonchev–Trinajstić information content (AvgIpc) is 3.20. The molecule has 3 aromatic rings. The molecule has 0 saturated carbocycles. The molecule has 3 aromatic carbocycles. The molecule has 2 heterocycles. The van der Waals surface area contributed by atoms with E-state index in [1.165, 1.54) is 11.1 Å². The second-order valence-electron chi connectivity index (χ2n) is 8.93. The van der Waals surface area contributed by atoms with Crippen LogP contribution in [0.5, 0.6) is 0 Å². The largest absolute Gasteiger partial charge is 0.443 e. The molecule has 0 radical (unpaired) electrons. The van der Waals surface area contributed by atoms with Crippen LogP contribution in [-0.2, 0) is 11.3 Å². The molecule has 5 rings (SSSR count). The van der Waals surface area contributed by atoms with Crippen molar-refractivity contribution >= 4 is 6.09 Å². The van der Waals surface area contributed by atoms with Gasteiger partial charge in [-0.2, -0.15) is 0 Å². The van der Waals surface area contributed by atoms with Gasteiger partial charge in [0, 0.05) is 39.3 Å². The third-order valence-corrected chi connectivity index (χ3v) is 6.63. The zero-order valence-corrected chi connectivity index (χ0v) is 18.9. The van der Waals surface area contributed by atoms with E-state index in [2.05, 4.69) is 82.6 Å². The molecule has 5 heteroatoms. The number of nitrogens with zero attached hydrogens (tertiary/aromatic N) is 3. The van der Waals surface area contributed by atoms with E-state index in [1.54, 1.807) is 0 Å². The van der Waals surface area contributed by atoms with E-state index in [0.29, 0.717) is 13.1 Å². The minimum Gasteiger partial charge on any atom is -0.443 e. The summed E-state index contributed by atoms with van der Waals surface area (Å²) in [5.41, 5.74) is 3.80. The molecule has 1 unspecified atom stereocenters. The Labute approximate surface area is 196 Å². The molecular weight excluding hydrogens is 410 g/mol. The van der Waals surface area contributed by atoms with Crippen LogP contribution >= 0.6 is 0 Å². The average molecular weight is 442 g/mol. The van der Waals surface area contributed by atoms with Crippen LogP contribution in [0.2, 0.25) is 0 Å². The Bertz CT molecular complexity index is 981. The number of hydrogen-bond acceptors (Lipinski definition) is 4. The van der Waals surface area contributed by atoms with Gasteiger partial charge in [-0.3, -0.25) is 9.80 Å². The van der Waals surface area contributed by atoms with Gasteiger partial charge < -0.3 is 9.64 Å². The van der Waals surface area contributed by atoms with Crippen LogP contribution < -0.4 is 0 Å². The molecule has 0 bridgehead atoms. The fourth-order valence-electron chi connectivity index (χ4n) is 4.98. The first-order valence-electron chi connectivity index (χ1n) is 11.8. The third-order valence-electron chi connectivity index (χ3n) is 6.63. The number of carbonyl (C=O) groups is 1. The van der Waals surface area contributed by atoms with Gasteiger partial charge in [0.2, 0.25) is 0 Å². The van der Waals surface area contributed by atoms with Gasteiger partial charge in [-0.25, -0.2) is 4.79 Å². The first-order chi connectivity index (χ1) is 16.3. The van der Waals surface area contributed by atoms with Gasteiger partial charge in [-0.05, 0) is 16.7 Å². The van der Waals surface area contributed by atoms with E-state index >= 15 is 0 Å². The summed E-state index contributed by atoms with van der Waals surface area (Å²) in [5, 5.41) is 0. The van der Waals surface area contributed by atoms with E-state index in [4.69, 9.17) is 4.74 Å². The van der Waals surface area contributed by atoms with E-state index in [9.17, 15) is 4.79 Å². The highest BCUT2D eigenvalue weighted by atomic mass is 16.6. The fraction of sp³-hybridized carbons (Fsp3) is 0.321. The van der Waals surface area contributed by atoms with Crippen LogP contribution in [0.15, 0.2) is 91.0 Å². The number of cyclic esters (lactones) is 1. The lowest BCUT2D eigenvalue weighted by Gasteiger charge is -2.40. The Balaban J connectivity index is 1.18. The number of hydrogen-bond donors (Lipinski definition) is 0. The van der Waals surface area contributed by atoms with Crippen molar-refractivity contribution in [1.82, 2.24) is 14.7 Å². The lowest BCUT2D eigenvalue weighted by Crippen LogP contribution is -2.50. The van der Waals surface area contributed by atoms with Gasteiger partial charge in [-0.15, -0.1) is 0 Å². The normalized spacial score (nSPS) is 19.7.